The highest BCUT2D eigenvalue weighted by molar-refractivity contribution is 4.33. The lowest BCUT2D eigenvalue weighted by molar-refractivity contribution is -0.898. The van der Waals surface area contributed by atoms with Gasteiger partial charge in [0, 0.05) is 0 Å². The van der Waals surface area contributed by atoms with Crippen molar-refractivity contribution in [3.05, 3.63) is 0 Å². The van der Waals surface area contributed by atoms with E-state index in [4.69, 9.17) is 0 Å². The van der Waals surface area contributed by atoms with Crippen LogP contribution in [-0.2, 0) is 0 Å². The van der Waals surface area contributed by atoms with Crippen LogP contribution >= 0.6 is 0 Å². The average Bonchev–Trinajstić information content (AvgIpc) is 2.30. The minimum atomic E-state index is 1.31. The van der Waals surface area contributed by atoms with Gasteiger partial charge in [0.2, 0.25) is 0 Å². The summed E-state index contributed by atoms with van der Waals surface area (Å²) in [7, 11) is 0. The number of hydrogen-bond acceptors (Lipinski definition) is 0. The topological polar surface area (TPSA) is 4.44 Å². The van der Waals surface area contributed by atoms with E-state index in [9.17, 15) is 0 Å². The molecule has 0 aromatic carbocycles. The predicted octanol–water partition coefficient (Wildman–Crippen LogP) is 3.30. The molecule has 94 valence electrons. The minimum Gasteiger partial charge on any atom is -0.335 e. The molecular formula is C14H34N+. The maximum absolute atomic E-state index is 2.29. The molecule has 1 heteroatoms. The van der Waals surface area contributed by atoms with Crippen LogP contribution in [0.2, 0.25) is 0 Å². The highest BCUT2D eigenvalue weighted by atomic mass is 15.1. The van der Waals surface area contributed by atoms with Crippen LogP contribution in [0.4, 0.5) is 0 Å². The van der Waals surface area contributed by atoms with Crippen molar-refractivity contribution in [3.63, 3.8) is 0 Å². The van der Waals surface area contributed by atoms with E-state index in [2.05, 4.69) is 34.6 Å². The van der Waals surface area contributed by atoms with Gasteiger partial charge in [0.25, 0.3) is 0 Å². The molecule has 0 aliphatic carbocycles. The summed E-state index contributed by atoms with van der Waals surface area (Å²) in [6.07, 6.45) is 8.12. The lowest BCUT2D eigenvalue weighted by Crippen LogP contribution is -3.11. The van der Waals surface area contributed by atoms with E-state index in [1.807, 2.05) is 0 Å². The summed E-state index contributed by atoms with van der Waals surface area (Å²) in [6.45, 7) is 15.3. The number of rotatable bonds is 8. The molecule has 0 unspecified atom stereocenters. The fraction of sp³-hybridized carbons (Fsp3) is 1.00. The lowest BCUT2D eigenvalue weighted by atomic mass is 10.2. The molecule has 1 nitrogen and oxygen atoms in total. The summed E-state index contributed by atoms with van der Waals surface area (Å²) in [6, 6.07) is 0. The molecule has 0 amide bonds. The molecule has 0 aromatic rings. The van der Waals surface area contributed by atoms with Crippen LogP contribution in [0.25, 0.3) is 0 Å². The second-order valence-corrected chi connectivity index (χ2v) is 4.31. The SMILES string of the molecule is CCCC.CCCC[NH+](CC)CCCC. The summed E-state index contributed by atoms with van der Waals surface area (Å²) in [5.41, 5.74) is 0. The lowest BCUT2D eigenvalue weighted by Gasteiger charge is -2.16. The Balaban J connectivity index is 0. The average molecular weight is 216 g/mol. The zero-order valence-electron chi connectivity index (χ0n) is 11.9. The molecule has 1 N–H and O–H groups in total. The quantitative estimate of drug-likeness (QED) is 0.635. The standard InChI is InChI=1S/C10H23N.C4H10/c1-4-7-9-11(6-3)10-8-5-2;1-3-4-2/h4-10H2,1-3H3;3-4H2,1-2H3/p+1. The van der Waals surface area contributed by atoms with E-state index >= 15 is 0 Å². The van der Waals surface area contributed by atoms with Gasteiger partial charge in [-0.2, -0.15) is 0 Å². The van der Waals surface area contributed by atoms with Crippen LogP contribution in [0.15, 0.2) is 0 Å². The summed E-state index contributed by atoms with van der Waals surface area (Å²) in [5, 5.41) is 0. The molecule has 0 fully saturated rings. The third-order valence-corrected chi connectivity index (χ3v) is 2.77. The Morgan fingerprint density at radius 3 is 1.20 bits per heavy atom. The van der Waals surface area contributed by atoms with Crippen LogP contribution in [0.1, 0.15) is 73.1 Å². The van der Waals surface area contributed by atoms with E-state index in [-0.39, 0.29) is 0 Å². The van der Waals surface area contributed by atoms with E-state index in [0.29, 0.717) is 0 Å². The largest absolute Gasteiger partial charge is 0.335 e. The van der Waals surface area contributed by atoms with Gasteiger partial charge in [0.05, 0.1) is 19.6 Å². The van der Waals surface area contributed by atoms with Gasteiger partial charge in [0.15, 0.2) is 0 Å². The fourth-order valence-corrected chi connectivity index (χ4v) is 1.33. The van der Waals surface area contributed by atoms with Crippen molar-refractivity contribution in [1.29, 1.82) is 0 Å². The number of hydrogen-bond donors (Lipinski definition) is 1. The molecule has 0 aliphatic rings. The van der Waals surface area contributed by atoms with Crippen molar-refractivity contribution in [1.82, 2.24) is 0 Å². The summed E-state index contributed by atoms with van der Waals surface area (Å²) in [5.74, 6) is 0. The minimum absolute atomic E-state index is 1.31. The van der Waals surface area contributed by atoms with Crippen molar-refractivity contribution >= 4 is 0 Å². The Morgan fingerprint density at radius 1 is 0.600 bits per heavy atom. The third kappa shape index (κ3) is 16.6. The Kier molecular flexibility index (Phi) is 19.0. The van der Waals surface area contributed by atoms with Gasteiger partial charge < -0.3 is 4.90 Å². The molecule has 0 saturated heterocycles. The van der Waals surface area contributed by atoms with Crippen LogP contribution in [0.3, 0.4) is 0 Å². The zero-order valence-corrected chi connectivity index (χ0v) is 11.9. The Labute approximate surface area is 98.2 Å². The van der Waals surface area contributed by atoms with Crippen LogP contribution in [0.5, 0.6) is 0 Å². The van der Waals surface area contributed by atoms with Gasteiger partial charge in [-0.05, 0) is 19.8 Å². The van der Waals surface area contributed by atoms with Crippen LogP contribution in [-0.4, -0.2) is 19.6 Å². The Bertz CT molecular complexity index is 81.3. The van der Waals surface area contributed by atoms with E-state index in [1.165, 1.54) is 58.2 Å². The molecule has 0 aromatic heterocycles. The van der Waals surface area contributed by atoms with Gasteiger partial charge in [0.1, 0.15) is 0 Å². The van der Waals surface area contributed by atoms with Crippen molar-refractivity contribution in [2.75, 3.05) is 19.6 Å². The molecule has 0 radical (unpaired) electrons. The van der Waals surface area contributed by atoms with E-state index in [0.717, 1.165) is 0 Å². The van der Waals surface area contributed by atoms with Gasteiger partial charge in [-0.1, -0.05) is 53.4 Å². The molecule has 0 aliphatic heterocycles. The second kappa shape index (κ2) is 16.4. The molecule has 0 spiro atoms. The molecule has 0 rings (SSSR count). The number of unbranched alkanes of at least 4 members (excludes halogenated alkanes) is 3. The summed E-state index contributed by atoms with van der Waals surface area (Å²) >= 11 is 0. The molecule has 0 heterocycles. The van der Waals surface area contributed by atoms with E-state index in [1.54, 1.807) is 4.90 Å². The molecular weight excluding hydrogens is 182 g/mol. The van der Waals surface area contributed by atoms with Crippen LogP contribution in [0, 0.1) is 0 Å². The summed E-state index contributed by atoms with van der Waals surface area (Å²) < 4.78 is 0. The normalized spacial score (nSPS) is 10.0. The fourth-order valence-electron chi connectivity index (χ4n) is 1.33. The maximum Gasteiger partial charge on any atom is 0.0770 e. The van der Waals surface area contributed by atoms with Crippen molar-refractivity contribution in [3.8, 4) is 0 Å². The first-order valence-electron chi connectivity index (χ1n) is 7.10. The first-order chi connectivity index (χ1) is 7.26. The maximum atomic E-state index is 2.29. The van der Waals surface area contributed by atoms with Gasteiger partial charge in [-0.25, -0.2) is 0 Å². The van der Waals surface area contributed by atoms with Crippen molar-refractivity contribution in [2.24, 2.45) is 0 Å². The molecule has 0 bridgehead atoms. The number of quaternary nitrogens is 1. The van der Waals surface area contributed by atoms with Gasteiger partial charge in [-0.15, -0.1) is 0 Å². The predicted molar refractivity (Wildman–Crippen MR) is 71.6 cm³/mol. The second-order valence-electron chi connectivity index (χ2n) is 4.31. The Hall–Kier alpha value is -0.0400. The highest BCUT2D eigenvalue weighted by Crippen LogP contribution is 1.82. The molecule has 0 atom stereocenters. The van der Waals surface area contributed by atoms with E-state index < -0.39 is 0 Å². The van der Waals surface area contributed by atoms with Gasteiger partial charge >= 0.3 is 0 Å². The third-order valence-electron chi connectivity index (χ3n) is 2.77. The summed E-state index contributed by atoms with van der Waals surface area (Å²) in [4.78, 5) is 1.79. The van der Waals surface area contributed by atoms with Crippen molar-refractivity contribution in [2.45, 2.75) is 73.1 Å². The number of nitrogens with one attached hydrogen (secondary N) is 1. The van der Waals surface area contributed by atoms with Crippen molar-refractivity contribution < 1.29 is 4.90 Å². The highest BCUT2D eigenvalue weighted by Gasteiger charge is 2.02. The van der Waals surface area contributed by atoms with Gasteiger partial charge in [-0.3, -0.25) is 0 Å². The molecule has 15 heavy (non-hydrogen) atoms. The Morgan fingerprint density at radius 2 is 1.00 bits per heavy atom. The van der Waals surface area contributed by atoms with Crippen LogP contribution < -0.4 is 4.90 Å². The molecule has 0 saturated carbocycles. The smallest absolute Gasteiger partial charge is 0.0770 e. The zero-order chi connectivity index (χ0) is 11.9. The first-order valence-corrected chi connectivity index (χ1v) is 7.10. The monoisotopic (exact) mass is 216 g/mol. The first kappa shape index (κ1) is 17.4.